The summed E-state index contributed by atoms with van der Waals surface area (Å²) in [4.78, 5) is 15.5. The van der Waals surface area contributed by atoms with Gasteiger partial charge in [0.05, 0.1) is 42.9 Å². The Bertz CT molecular complexity index is 1150. The number of benzene rings is 1. The molecule has 2 aromatic heterocycles. The fourth-order valence-corrected chi connectivity index (χ4v) is 4.10. The predicted molar refractivity (Wildman–Crippen MR) is 125 cm³/mol. The van der Waals surface area contributed by atoms with Gasteiger partial charge in [-0.25, -0.2) is 9.97 Å². The highest BCUT2D eigenvalue weighted by atomic mass is 19.4. The Hall–Kier alpha value is -2.98. The van der Waals surface area contributed by atoms with Crippen molar-refractivity contribution in [3.05, 3.63) is 41.9 Å². The fraction of sp³-hybridized carbons (Fsp3) is 0.458. The summed E-state index contributed by atoms with van der Waals surface area (Å²) in [6.45, 7) is 6.84. The van der Waals surface area contributed by atoms with Crippen molar-refractivity contribution >= 4 is 17.2 Å². The number of aliphatic imine (C=N–C) groups is 1. The average molecular weight is 476 g/mol. The van der Waals surface area contributed by atoms with Gasteiger partial charge in [0.1, 0.15) is 17.0 Å². The Morgan fingerprint density at radius 1 is 1.18 bits per heavy atom. The van der Waals surface area contributed by atoms with Crippen molar-refractivity contribution in [3.8, 4) is 17.0 Å². The summed E-state index contributed by atoms with van der Waals surface area (Å²) in [5.41, 5.74) is 1.95. The van der Waals surface area contributed by atoms with Crippen molar-refractivity contribution in [2.75, 3.05) is 46.5 Å². The SMILES string of the molecule is CCOc1ccc(-c2cc3c(ncn3CCCN3CCOCC3)c(C=NC)n2)cc1C(F)(F)F. The molecule has 0 amide bonds. The molecule has 7 nitrogen and oxygen atoms in total. The van der Waals surface area contributed by atoms with E-state index in [-0.39, 0.29) is 12.4 Å². The van der Waals surface area contributed by atoms with E-state index >= 15 is 0 Å². The first-order chi connectivity index (χ1) is 16.4. The van der Waals surface area contributed by atoms with Gasteiger partial charge in [-0.15, -0.1) is 0 Å². The molecule has 0 saturated carbocycles. The van der Waals surface area contributed by atoms with Crippen molar-refractivity contribution in [1.82, 2.24) is 19.4 Å². The first-order valence-corrected chi connectivity index (χ1v) is 11.3. The average Bonchev–Trinajstić information content (AvgIpc) is 3.23. The van der Waals surface area contributed by atoms with Crippen LogP contribution in [0.2, 0.25) is 0 Å². The maximum atomic E-state index is 13.7. The smallest absolute Gasteiger partial charge is 0.419 e. The lowest BCUT2D eigenvalue weighted by Crippen LogP contribution is -2.37. The largest absolute Gasteiger partial charge is 0.493 e. The lowest BCUT2D eigenvalue weighted by Gasteiger charge is -2.26. The Labute approximate surface area is 196 Å². The number of rotatable bonds is 8. The number of aromatic nitrogens is 3. The third kappa shape index (κ3) is 5.39. The Balaban J connectivity index is 1.68. The summed E-state index contributed by atoms with van der Waals surface area (Å²) in [5, 5.41) is 0. The number of pyridine rings is 1. The molecule has 0 atom stereocenters. The lowest BCUT2D eigenvalue weighted by molar-refractivity contribution is -0.138. The minimum Gasteiger partial charge on any atom is -0.493 e. The number of nitrogens with zero attached hydrogens (tertiary/aromatic N) is 5. The summed E-state index contributed by atoms with van der Waals surface area (Å²) in [7, 11) is 1.62. The van der Waals surface area contributed by atoms with Crippen molar-refractivity contribution in [2.24, 2.45) is 4.99 Å². The van der Waals surface area contributed by atoms with Gasteiger partial charge < -0.3 is 14.0 Å². The van der Waals surface area contributed by atoms with Crippen LogP contribution in [0.25, 0.3) is 22.3 Å². The van der Waals surface area contributed by atoms with E-state index in [1.54, 1.807) is 38.6 Å². The van der Waals surface area contributed by atoms with Crippen LogP contribution in [0, 0.1) is 0 Å². The number of imidazole rings is 1. The van der Waals surface area contributed by atoms with Gasteiger partial charge in [-0.2, -0.15) is 13.2 Å². The van der Waals surface area contributed by atoms with Gasteiger partial charge in [0, 0.05) is 45.0 Å². The zero-order valence-electron chi connectivity index (χ0n) is 19.3. The zero-order chi connectivity index (χ0) is 24.1. The standard InChI is InChI=1S/C24H28F3N5O2/c1-3-34-22-6-5-17(13-18(22)24(25,26)27)19-14-21-23(20(30-19)15-28-2)29-16-32(21)8-4-7-31-9-11-33-12-10-31/h5-6,13-16H,3-4,7-12H2,1-2H3. The molecule has 3 aromatic rings. The zero-order valence-corrected chi connectivity index (χ0v) is 19.3. The quantitative estimate of drug-likeness (QED) is 0.455. The summed E-state index contributed by atoms with van der Waals surface area (Å²) in [5.74, 6) is -0.191. The Morgan fingerprint density at radius 3 is 2.68 bits per heavy atom. The highest BCUT2D eigenvalue weighted by molar-refractivity contribution is 5.96. The van der Waals surface area contributed by atoms with Gasteiger partial charge in [-0.05, 0) is 37.6 Å². The van der Waals surface area contributed by atoms with E-state index in [1.807, 2.05) is 4.57 Å². The fourth-order valence-electron chi connectivity index (χ4n) is 4.10. The molecule has 0 radical (unpaired) electrons. The molecule has 1 aliphatic rings. The molecule has 182 valence electrons. The van der Waals surface area contributed by atoms with Gasteiger partial charge in [-0.1, -0.05) is 0 Å². The molecule has 1 fully saturated rings. The van der Waals surface area contributed by atoms with E-state index in [1.165, 1.54) is 6.07 Å². The van der Waals surface area contributed by atoms with E-state index in [9.17, 15) is 13.2 Å². The second kappa shape index (κ2) is 10.5. The molecular weight excluding hydrogens is 447 g/mol. The van der Waals surface area contributed by atoms with Crippen LogP contribution in [-0.2, 0) is 17.5 Å². The highest BCUT2D eigenvalue weighted by Crippen LogP contribution is 2.39. The molecule has 1 aromatic carbocycles. The molecule has 0 aliphatic carbocycles. The number of hydrogen-bond donors (Lipinski definition) is 0. The molecule has 1 aliphatic heterocycles. The van der Waals surface area contributed by atoms with E-state index in [0.29, 0.717) is 22.5 Å². The van der Waals surface area contributed by atoms with Crippen LogP contribution in [0.3, 0.4) is 0 Å². The minimum atomic E-state index is -4.54. The van der Waals surface area contributed by atoms with Crippen LogP contribution in [-0.4, -0.2) is 72.2 Å². The molecule has 0 unspecified atom stereocenters. The molecular formula is C24H28F3N5O2. The molecule has 0 bridgehead atoms. The molecule has 3 heterocycles. The normalized spacial score (nSPS) is 15.4. The Kier molecular flexibility index (Phi) is 7.47. The van der Waals surface area contributed by atoms with Gasteiger partial charge >= 0.3 is 6.18 Å². The predicted octanol–water partition coefficient (Wildman–Crippen LogP) is 4.29. The third-order valence-corrected chi connectivity index (χ3v) is 5.74. The van der Waals surface area contributed by atoms with Crippen LogP contribution in [0.4, 0.5) is 13.2 Å². The first-order valence-electron chi connectivity index (χ1n) is 11.3. The molecule has 34 heavy (non-hydrogen) atoms. The lowest BCUT2D eigenvalue weighted by atomic mass is 10.0. The van der Waals surface area contributed by atoms with Crippen molar-refractivity contribution in [2.45, 2.75) is 26.1 Å². The number of alkyl halides is 3. The molecule has 10 heteroatoms. The molecule has 4 rings (SSSR count). The molecule has 0 N–H and O–H groups in total. The van der Waals surface area contributed by atoms with Gasteiger partial charge in [0.15, 0.2) is 0 Å². The van der Waals surface area contributed by atoms with Gasteiger partial charge in [0.2, 0.25) is 0 Å². The number of aryl methyl sites for hydroxylation is 1. The van der Waals surface area contributed by atoms with Crippen LogP contribution in [0.5, 0.6) is 5.75 Å². The molecule has 0 spiro atoms. The number of fused-ring (bicyclic) bond motifs is 1. The summed E-state index contributed by atoms with van der Waals surface area (Å²) in [6, 6.07) is 5.83. The second-order valence-electron chi connectivity index (χ2n) is 8.04. The van der Waals surface area contributed by atoms with Crippen molar-refractivity contribution < 1.29 is 22.6 Å². The highest BCUT2D eigenvalue weighted by Gasteiger charge is 2.35. The molecule has 1 saturated heterocycles. The maximum absolute atomic E-state index is 13.7. The third-order valence-electron chi connectivity index (χ3n) is 5.74. The van der Waals surface area contributed by atoms with E-state index in [0.717, 1.165) is 57.4 Å². The Morgan fingerprint density at radius 2 is 1.97 bits per heavy atom. The first kappa shape index (κ1) is 24.2. The number of halogens is 3. The summed E-state index contributed by atoms with van der Waals surface area (Å²) >= 11 is 0. The van der Waals surface area contributed by atoms with E-state index in [4.69, 9.17) is 9.47 Å². The van der Waals surface area contributed by atoms with E-state index < -0.39 is 11.7 Å². The van der Waals surface area contributed by atoms with Crippen molar-refractivity contribution in [1.29, 1.82) is 0 Å². The van der Waals surface area contributed by atoms with Gasteiger partial charge in [-0.3, -0.25) is 9.89 Å². The minimum absolute atomic E-state index is 0.146. The summed E-state index contributed by atoms with van der Waals surface area (Å²) < 4.78 is 53.7. The van der Waals surface area contributed by atoms with Crippen molar-refractivity contribution in [3.63, 3.8) is 0 Å². The number of ether oxygens (including phenoxy) is 2. The van der Waals surface area contributed by atoms with Gasteiger partial charge in [0.25, 0.3) is 0 Å². The van der Waals surface area contributed by atoms with Crippen LogP contribution >= 0.6 is 0 Å². The van der Waals surface area contributed by atoms with Crippen LogP contribution < -0.4 is 4.74 Å². The van der Waals surface area contributed by atoms with E-state index in [2.05, 4.69) is 19.9 Å². The maximum Gasteiger partial charge on any atom is 0.419 e. The monoisotopic (exact) mass is 475 g/mol. The number of morpholine rings is 1. The summed E-state index contributed by atoms with van der Waals surface area (Å²) in [6.07, 6.45) is -0.293. The topological polar surface area (TPSA) is 64.8 Å². The van der Waals surface area contributed by atoms with Crippen LogP contribution in [0.1, 0.15) is 24.6 Å². The van der Waals surface area contributed by atoms with Crippen LogP contribution in [0.15, 0.2) is 35.6 Å². The second-order valence-corrected chi connectivity index (χ2v) is 8.04. The number of hydrogen-bond acceptors (Lipinski definition) is 6.